The maximum atomic E-state index is 5.69. The molecule has 2 N–H and O–H groups in total. The molecule has 2 unspecified atom stereocenters. The van der Waals surface area contributed by atoms with Gasteiger partial charge >= 0.3 is 0 Å². The summed E-state index contributed by atoms with van der Waals surface area (Å²) in [6.45, 7) is 6.06. The van der Waals surface area contributed by atoms with E-state index in [0.29, 0.717) is 17.6 Å². The summed E-state index contributed by atoms with van der Waals surface area (Å²) in [5.41, 5.74) is 2.79. The highest BCUT2D eigenvalue weighted by molar-refractivity contribution is 7.22. The van der Waals surface area contributed by atoms with Gasteiger partial charge in [0.1, 0.15) is 11.6 Å². The molecule has 2 saturated heterocycles. The Morgan fingerprint density at radius 3 is 3.17 bits per heavy atom. The molecular formula is C18H20N4OS. The first kappa shape index (κ1) is 13.5. The molecule has 4 heterocycles. The van der Waals surface area contributed by atoms with Gasteiger partial charge in [-0.1, -0.05) is 17.9 Å². The van der Waals surface area contributed by atoms with Crippen LogP contribution >= 0.6 is 11.3 Å². The van der Waals surface area contributed by atoms with Gasteiger partial charge in [0.05, 0.1) is 28.9 Å². The van der Waals surface area contributed by atoms with E-state index < -0.39 is 0 Å². The van der Waals surface area contributed by atoms with Gasteiger partial charge in [-0.3, -0.25) is 4.90 Å². The minimum Gasteiger partial charge on any atom is -0.493 e. The molecule has 1 aromatic carbocycles. The highest BCUT2D eigenvalue weighted by atomic mass is 32.1. The van der Waals surface area contributed by atoms with Crippen LogP contribution < -0.4 is 20.3 Å². The second-order valence-electron chi connectivity index (χ2n) is 7.48. The van der Waals surface area contributed by atoms with E-state index in [2.05, 4.69) is 34.2 Å². The van der Waals surface area contributed by atoms with E-state index >= 15 is 0 Å². The van der Waals surface area contributed by atoms with Gasteiger partial charge in [0.2, 0.25) is 0 Å². The summed E-state index contributed by atoms with van der Waals surface area (Å²) in [6.07, 6.45) is 4.79. The van der Waals surface area contributed by atoms with Crippen LogP contribution in [0.25, 0.3) is 10.2 Å². The second kappa shape index (κ2) is 4.43. The van der Waals surface area contributed by atoms with Gasteiger partial charge in [-0.05, 0) is 31.4 Å². The fourth-order valence-corrected chi connectivity index (χ4v) is 5.62. The number of nitrogens with zero attached hydrogens (tertiary/aromatic N) is 2. The number of nitrogens with one attached hydrogen (secondary N) is 2. The van der Waals surface area contributed by atoms with Gasteiger partial charge in [-0.2, -0.15) is 0 Å². The number of ether oxygens (including phenoxy) is 1. The van der Waals surface area contributed by atoms with Crippen molar-refractivity contribution in [2.24, 2.45) is 0 Å². The molecule has 24 heavy (non-hydrogen) atoms. The Bertz CT molecular complexity index is 871. The minimum atomic E-state index is 0.411. The van der Waals surface area contributed by atoms with E-state index in [1.54, 1.807) is 11.3 Å². The maximum Gasteiger partial charge on any atom is 0.192 e. The van der Waals surface area contributed by atoms with Crippen LogP contribution in [0.5, 0.6) is 5.75 Å². The fourth-order valence-electron chi connectivity index (χ4n) is 4.54. The average molecular weight is 340 g/mol. The van der Waals surface area contributed by atoms with Crippen molar-refractivity contribution >= 4 is 26.7 Å². The van der Waals surface area contributed by atoms with Gasteiger partial charge in [-0.25, -0.2) is 4.98 Å². The van der Waals surface area contributed by atoms with E-state index in [9.17, 15) is 0 Å². The lowest BCUT2D eigenvalue weighted by molar-refractivity contribution is 0.314. The molecule has 6 rings (SSSR count). The predicted octanol–water partition coefficient (Wildman–Crippen LogP) is 2.38. The number of benzene rings is 1. The monoisotopic (exact) mass is 340 g/mol. The van der Waals surface area contributed by atoms with Crippen LogP contribution in [0.2, 0.25) is 0 Å². The first-order chi connectivity index (χ1) is 11.7. The first-order valence-corrected chi connectivity index (χ1v) is 9.59. The van der Waals surface area contributed by atoms with Crippen molar-refractivity contribution < 1.29 is 4.74 Å². The van der Waals surface area contributed by atoms with Crippen LogP contribution in [-0.2, 0) is 6.42 Å². The summed E-state index contributed by atoms with van der Waals surface area (Å²) in [7, 11) is 0. The second-order valence-corrected chi connectivity index (χ2v) is 8.49. The summed E-state index contributed by atoms with van der Waals surface area (Å²) in [5.74, 6) is 2.00. The Hall–Kier alpha value is -1.79. The summed E-state index contributed by atoms with van der Waals surface area (Å²) in [4.78, 5) is 7.31. The summed E-state index contributed by atoms with van der Waals surface area (Å²) >= 11 is 1.77. The third-order valence-electron chi connectivity index (χ3n) is 6.02. The fraction of sp³-hybridized carbons (Fsp3) is 0.500. The Labute approximate surface area is 144 Å². The van der Waals surface area contributed by atoms with E-state index in [0.717, 1.165) is 41.8 Å². The van der Waals surface area contributed by atoms with Crippen LogP contribution in [0, 0.1) is 0 Å². The van der Waals surface area contributed by atoms with Gasteiger partial charge in [0.15, 0.2) is 5.13 Å². The molecule has 3 fully saturated rings. The number of fused-ring (bicyclic) bond motifs is 4. The van der Waals surface area contributed by atoms with Crippen molar-refractivity contribution in [1.29, 1.82) is 0 Å². The standard InChI is InChI=1S/C18H20N4OS/c1-10-20-12-8-18(5-6-18)19-9-13(12)22(10)17-21-16-11-4-7-23-14(11)2-3-15(16)24-17/h2-3,12-13,19-20H,1,4-9H2. The van der Waals surface area contributed by atoms with Crippen LogP contribution in [0.1, 0.15) is 24.8 Å². The molecule has 0 radical (unpaired) electrons. The number of piperidine rings is 1. The van der Waals surface area contributed by atoms with Gasteiger partial charge in [0, 0.05) is 24.1 Å². The third kappa shape index (κ3) is 1.75. The molecule has 1 aromatic heterocycles. The molecule has 3 aliphatic heterocycles. The highest BCUT2D eigenvalue weighted by Crippen LogP contribution is 2.46. The van der Waals surface area contributed by atoms with Crippen molar-refractivity contribution in [3.8, 4) is 5.75 Å². The van der Waals surface area contributed by atoms with E-state index in [4.69, 9.17) is 9.72 Å². The summed E-state index contributed by atoms with van der Waals surface area (Å²) < 4.78 is 6.93. The zero-order chi connectivity index (χ0) is 15.9. The Morgan fingerprint density at radius 2 is 2.29 bits per heavy atom. The van der Waals surface area contributed by atoms with Crippen molar-refractivity contribution in [3.63, 3.8) is 0 Å². The largest absolute Gasteiger partial charge is 0.493 e. The van der Waals surface area contributed by atoms with Crippen LogP contribution in [0.15, 0.2) is 24.5 Å². The molecule has 2 atom stereocenters. The molecule has 1 aliphatic carbocycles. The van der Waals surface area contributed by atoms with Crippen molar-refractivity contribution in [1.82, 2.24) is 15.6 Å². The van der Waals surface area contributed by atoms with Gasteiger partial charge in [0.25, 0.3) is 0 Å². The average Bonchev–Trinajstić information content (AvgIpc) is 2.94. The van der Waals surface area contributed by atoms with Crippen LogP contribution in [-0.4, -0.2) is 35.8 Å². The van der Waals surface area contributed by atoms with Crippen molar-refractivity contribution in [2.75, 3.05) is 18.1 Å². The number of aromatic nitrogens is 1. The molecule has 1 spiro atoms. The topological polar surface area (TPSA) is 49.4 Å². The Morgan fingerprint density at radius 1 is 1.38 bits per heavy atom. The maximum absolute atomic E-state index is 5.69. The third-order valence-corrected chi connectivity index (χ3v) is 7.04. The van der Waals surface area contributed by atoms with E-state index in [1.165, 1.54) is 29.5 Å². The number of anilines is 1. The zero-order valence-electron chi connectivity index (χ0n) is 13.5. The quantitative estimate of drug-likeness (QED) is 0.835. The number of thiazole rings is 1. The number of rotatable bonds is 1. The van der Waals surface area contributed by atoms with Crippen LogP contribution in [0.3, 0.4) is 0 Å². The minimum absolute atomic E-state index is 0.411. The highest BCUT2D eigenvalue weighted by Gasteiger charge is 2.52. The molecule has 124 valence electrons. The van der Waals surface area contributed by atoms with E-state index in [1.807, 2.05) is 0 Å². The molecule has 2 aromatic rings. The van der Waals surface area contributed by atoms with Gasteiger partial charge in [-0.15, -0.1) is 0 Å². The molecule has 5 nitrogen and oxygen atoms in total. The van der Waals surface area contributed by atoms with Crippen LogP contribution in [0.4, 0.5) is 5.13 Å². The smallest absolute Gasteiger partial charge is 0.192 e. The lowest BCUT2D eigenvalue weighted by Crippen LogP contribution is -2.55. The lowest BCUT2D eigenvalue weighted by Gasteiger charge is -2.35. The summed E-state index contributed by atoms with van der Waals surface area (Å²) in [6, 6.07) is 5.13. The molecule has 0 bridgehead atoms. The first-order valence-electron chi connectivity index (χ1n) is 8.77. The van der Waals surface area contributed by atoms with Gasteiger partial charge < -0.3 is 15.4 Å². The molecule has 0 amide bonds. The molecule has 6 heteroatoms. The molecule has 1 saturated carbocycles. The normalized spacial score (nSPS) is 29.5. The molecule has 4 aliphatic rings. The lowest BCUT2D eigenvalue weighted by atomic mass is 9.94. The predicted molar refractivity (Wildman–Crippen MR) is 95.7 cm³/mol. The number of hydrogen-bond donors (Lipinski definition) is 2. The SMILES string of the molecule is C=C1NC2CC3(CC3)NCC2N1c1nc2c3c(ccc2s1)OCC3. The Kier molecular flexibility index (Phi) is 2.49. The molecular weight excluding hydrogens is 320 g/mol. The number of hydrogen-bond acceptors (Lipinski definition) is 6. The van der Waals surface area contributed by atoms with Crippen molar-refractivity contribution in [3.05, 3.63) is 30.1 Å². The summed E-state index contributed by atoms with van der Waals surface area (Å²) in [5, 5.41) is 8.46. The zero-order valence-corrected chi connectivity index (χ0v) is 14.3. The van der Waals surface area contributed by atoms with E-state index in [-0.39, 0.29) is 0 Å². The Balaban J connectivity index is 1.40. The van der Waals surface area contributed by atoms with Crippen molar-refractivity contribution in [2.45, 2.75) is 43.3 Å².